The van der Waals surface area contributed by atoms with E-state index in [2.05, 4.69) is 25.6 Å². The van der Waals surface area contributed by atoms with Gasteiger partial charge in [-0.3, -0.25) is 5.01 Å². The van der Waals surface area contributed by atoms with Crippen molar-refractivity contribution in [1.29, 1.82) is 0 Å². The molecular formula is C12H18N6O. The summed E-state index contributed by atoms with van der Waals surface area (Å²) in [6.07, 6.45) is 1.72. The van der Waals surface area contributed by atoms with Crippen molar-refractivity contribution in [2.24, 2.45) is 0 Å². The number of anilines is 1. The number of nitrogens with one attached hydrogen (secondary N) is 2. The van der Waals surface area contributed by atoms with Gasteiger partial charge in [0.15, 0.2) is 0 Å². The van der Waals surface area contributed by atoms with Gasteiger partial charge >= 0.3 is 0 Å². The predicted octanol–water partition coefficient (Wildman–Crippen LogP) is 1.05. The Morgan fingerprint density at radius 1 is 1.42 bits per heavy atom. The van der Waals surface area contributed by atoms with E-state index in [0.29, 0.717) is 25.0 Å². The smallest absolute Gasteiger partial charge is 0.239 e. The van der Waals surface area contributed by atoms with Gasteiger partial charge in [0, 0.05) is 18.8 Å². The highest BCUT2D eigenvalue weighted by Gasteiger charge is 2.13. The second-order valence-electron chi connectivity index (χ2n) is 3.94. The van der Waals surface area contributed by atoms with Crippen LogP contribution in [0.15, 0.2) is 18.3 Å². The maximum absolute atomic E-state index is 5.51. The molecule has 0 amide bonds. The largest absolute Gasteiger partial charge is 0.478 e. The first-order chi connectivity index (χ1) is 9.24. The third kappa shape index (κ3) is 3.19. The van der Waals surface area contributed by atoms with Gasteiger partial charge in [-0.1, -0.05) is 6.07 Å². The van der Waals surface area contributed by atoms with E-state index in [9.17, 15) is 0 Å². The highest BCUT2D eigenvalue weighted by atomic mass is 16.5. The zero-order valence-corrected chi connectivity index (χ0v) is 11.3. The normalized spacial score (nSPS) is 10.5. The lowest BCUT2D eigenvalue weighted by Crippen LogP contribution is -2.35. The van der Waals surface area contributed by atoms with Crippen molar-refractivity contribution in [2.75, 3.05) is 18.7 Å². The summed E-state index contributed by atoms with van der Waals surface area (Å²) in [6.45, 7) is 4.97. The number of hydrogen-bond donors (Lipinski definition) is 2. The molecule has 2 N–H and O–H groups in total. The van der Waals surface area contributed by atoms with E-state index in [1.54, 1.807) is 6.20 Å². The molecule has 0 atom stereocenters. The van der Waals surface area contributed by atoms with E-state index < -0.39 is 0 Å². The van der Waals surface area contributed by atoms with Crippen LogP contribution >= 0.6 is 0 Å². The molecule has 2 rings (SSSR count). The van der Waals surface area contributed by atoms with Gasteiger partial charge in [0.05, 0.1) is 13.2 Å². The summed E-state index contributed by atoms with van der Waals surface area (Å²) in [4.78, 5) is 7.31. The monoisotopic (exact) mass is 262 g/mol. The second-order valence-corrected chi connectivity index (χ2v) is 3.94. The van der Waals surface area contributed by atoms with E-state index >= 15 is 0 Å². The molecule has 0 bridgehead atoms. The molecule has 0 aliphatic carbocycles. The van der Waals surface area contributed by atoms with Crippen LogP contribution in [-0.2, 0) is 6.54 Å². The second kappa shape index (κ2) is 6.14. The maximum atomic E-state index is 5.51. The topological polar surface area (TPSA) is 79.0 Å². The van der Waals surface area contributed by atoms with Gasteiger partial charge in [0.25, 0.3) is 0 Å². The van der Waals surface area contributed by atoms with Crippen LogP contribution in [0.3, 0.4) is 0 Å². The highest BCUT2D eigenvalue weighted by Crippen LogP contribution is 2.17. The molecule has 0 saturated carbocycles. The van der Waals surface area contributed by atoms with Crippen LogP contribution in [-0.4, -0.2) is 33.8 Å². The molecule has 0 fully saturated rings. The number of hydrogen-bond acceptors (Lipinski definition) is 6. The number of pyridine rings is 1. The minimum absolute atomic E-state index is 0.578. The molecule has 0 aromatic carbocycles. The molecule has 0 saturated heterocycles. The van der Waals surface area contributed by atoms with Gasteiger partial charge in [-0.2, -0.15) is 0 Å². The van der Waals surface area contributed by atoms with Gasteiger partial charge in [-0.05, 0) is 19.9 Å². The van der Waals surface area contributed by atoms with Gasteiger partial charge in [0.2, 0.25) is 11.8 Å². The van der Waals surface area contributed by atoms with Crippen LogP contribution in [0.1, 0.15) is 18.3 Å². The van der Waals surface area contributed by atoms with E-state index in [4.69, 9.17) is 4.74 Å². The number of H-pyrrole nitrogens is 1. The minimum atomic E-state index is 0.578. The first kappa shape index (κ1) is 13.3. The molecule has 0 unspecified atom stereocenters. The highest BCUT2D eigenvalue weighted by molar-refractivity contribution is 5.33. The summed E-state index contributed by atoms with van der Waals surface area (Å²) in [6, 6.07) is 3.86. The first-order valence-corrected chi connectivity index (χ1v) is 6.15. The Kier molecular flexibility index (Phi) is 4.30. The molecule has 2 heterocycles. The molecule has 0 aliphatic rings. The number of aromatic amines is 1. The van der Waals surface area contributed by atoms with Crippen molar-refractivity contribution >= 4 is 5.95 Å². The molecule has 19 heavy (non-hydrogen) atoms. The van der Waals surface area contributed by atoms with Crippen LogP contribution in [0.25, 0.3) is 0 Å². The van der Waals surface area contributed by atoms with Crippen molar-refractivity contribution < 1.29 is 4.74 Å². The number of rotatable bonds is 6. The number of hydrazine groups is 1. The lowest BCUT2D eigenvalue weighted by molar-refractivity contribution is 0.322. The van der Waals surface area contributed by atoms with E-state index in [1.165, 1.54) is 0 Å². The van der Waals surface area contributed by atoms with E-state index in [-0.39, 0.29) is 0 Å². The summed E-state index contributed by atoms with van der Waals surface area (Å²) in [5.41, 5.74) is 4.05. The third-order valence-corrected chi connectivity index (χ3v) is 2.57. The molecule has 7 nitrogen and oxygen atoms in total. The Bertz CT molecular complexity index is 526. The fraction of sp³-hybridized carbons (Fsp3) is 0.417. The molecular weight excluding hydrogens is 244 g/mol. The lowest BCUT2D eigenvalue weighted by atomic mass is 10.2. The first-order valence-electron chi connectivity index (χ1n) is 6.15. The van der Waals surface area contributed by atoms with Gasteiger partial charge in [-0.25, -0.2) is 10.4 Å². The third-order valence-electron chi connectivity index (χ3n) is 2.57. The van der Waals surface area contributed by atoms with Crippen molar-refractivity contribution in [3.8, 4) is 5.88 Å². The lowest BCUT2D eigenvalue weighted by Gasteiger charge is -2.20. The number of aryl methyl sites for hydroxylation is 1. The van der Waals surface area contributed by atoms with Gasteiger partial charge < -0.3 is 9.72 Å². The molecule has 0 spiro atoms. The summed E-state index contributed by atoms with van der Waals surface area (Å²) in [5, 5.41) is 9.85. The summed E-state index contributed by atoms with van der Waals surface area (Å²) in [5.74, 6) is 2.07. The Morgan fingerprint density at radius 3 is 2.89 bits per heavy atom. The molecule has 102 valence electrons. The van der Waals surface area contributed by atoms with Gasteiger partial charge in [-0.15, -0.1) is 10.2 Å². The average molecular weight is 262 g/mol. The van der Waals surface area contributed by atoms with Crippen LogP contribution in [0.5, 0.6) is 5.88 Å². The molecule has 2 aromatic heterocycles. The van der Waals surface area contributed by atoms with Crippen LogP contribution < -0.4 is 15.2 Å². The Hall–Kier alpha value is -2.15. The zero-order chi connectivity index (χ0) is 13.7. The summed E-state index contributed by atoms with van der Waals surface area (Å²) < 4.78 is 5.51. The van der Waals surface area contributed by atoms with Crippen molar-refractivity contribution in [3.63, 3.8) is 0 Å². The van der Waals surface area contributed by atoms with E-state index in [1.807, 2.05) is 38.0 Å². The Labute approximate surface area is 112 Å². The SMILES string of the molecule is CCOc1ncccc1CN(NC)c1nnc(C)[nH]1. The fourth-order valence-electron chi connectivity index (χ4n) is 1.70. The Morgan fingerprint density at radius 2 is 2.26 bits per heavy atom. The summed E-state index contributed by atoms with van der Waals surface area (Å²) >= 11 is 0. The molecule has 0 aliphatic heterocycles. The van der Waals surface area contributed by atoms with Crippen molar-refractivity contribution in [1.82, 2.24) is 25.6 Å². The van der Waals surface area contributed by atoms with Gasteiger partial charge in [0.1, 0.15) is 5.82 Å². The predicted molar refractivity (Wildman–Crippen MR) is 71.8 cm³/mol. The Balaban J connectivity index is 2.18. The number of ether oxygens (including phenoxy) is 1. The van der Waals surface area contributed by atoms with Crippen LogP contribution in [0, 0.1) is 6.92 Å². The molecule has 2 aromatic rings. The molecule has 7 heteroatoms. The van der Waals surface area contributed by atoms with Crippen molar-refractivity contribution in [3.05, 3.63) is 29.7 Å². The van der Waals surface area contributed by atoms with E-state index in [0.717, 1.165) is 11.4 Å². The maximum Gasteiger partial charge on any atom is 0.239 e. The zero-order valence-electron chi connectivity index (χ0n) is 11.3. The minimum Gasteiger partial charge on any atom is -0.478 e. The van der Waals surface area contributed by atoms with Crippen molar-refractivity contribution in [2.45, 2.75) is 20.4 Å². The number of aromatic nitrogens is 4. The number of nitrogens with zero attached hydrogens (tertiary/aromatic N) is 4. The van der Waals surface area contributed by atoms with Crippen LogP contribution in [0.2, 0.25) is 0 Å². The molecule has 0 radical (unpaired) electrons. The quantitative estimate of drug-likeness (QED) is 0.757. The fourth-order valence-corrected chi connectivity index (χ4v) is 1.70. The summed E-state index contributed by atoms with van der Waals surface area (Å²) in [7, 11) is 1.83. The van der Waals surface area contributed by atoms with Crippen LogP contribution in [0.4, 0.5) is 5.95 Å². The standard InChI is InChI=1S/C12H18N6O/c1-4-19-11-10(6-5-7-14-11)8-18(13-3)12-15-9(2)16-17-12/h5-7,13H,4,8H2,1-3H3,(H,15,16,17). The average Bonchev–Trinajstić information content (AvgIpc) is 2.84.